The Labute approximate surface area is 225 Å². The average molecular weight is 513 g/mol. The fourth-order valence-corrected chi connectivity index (χ4v) is 11.4. The molecule has 0 aliphatic heterocycles. The Bertz CT molecular complexity index is 996. The van der Waals surface area contributed by atoms with Gasteiger partial charge in [0, 0.05) is 12.3 Å². The number of fused-ring (bicyclic) bond motifs is 7. The maximum Gasteiger partial charge on any atom is 0.312 e. The van der Waals surface area contributed by atoms with Crippen molar-refractivity contribution in [3.05, 3.63) is 11.6 Å². The van der Waals surface area contributed by atoms with Crippen LogP contribution in [0.1, 0.15) is 113 Å². The van der Waals surface area contributed by atoms with Crippen molar-refractivity contribution in [2.45, 2.75) is 119 Å². The highest BCUT2D eigenvalue weighted by Gasteiger charge is 2.69. The summed E-state index contributed by atoms with van der Waals surface area (Å²) in [6.45, 7) is 18.8. The van der Waals surface area contributed by atoms with E-state index in [1.165, 1.54) is 12.8 Å². The second-order valence-corrected chi connectivity index (χ2v) is 15.3. The van der Waals surface area contributed by atoms with Crippen LogP contribution >= 0.6 is 0 Å². The Hall–Kier alpha value is -1.32. The monoisotopic (exact) mass is 512 g/mol. The molecule has 0 saturated heterocycles. The first-order valence-corrected chi connectivity index (χ1v) is 15.2. The van der Waals surface area contributed by atoms with Gasteiger partial charge in [-0.1, -0.05) is 60.1 Å². The largest absolute Gasteiger partial charge is 0.469 e. The maximum absolute atomic E-state index is 13.4. The van der Waals surface area contributed by atoms with Gasteiger partial charge in [0.05, 0.1) is 12.5 Å². The van der Waals surface area contributed by atoms with E-state index >= 15 is 0 Å². The molecule has 5 aliphatic rings. The van der Waals surface area contributed by atoms with Gasteiger partial charge < -0.3 is 9.47 Å². The first-order chi connectivity index (χ1) is 17.2. The van der Waals surface area contributed by atoms with Crippen LogP contribution in [0.25, 0.3) is 0 Å². The molecule has 0 unspecified atom stereocenters. The number of methoxy groups -OCH3 is 1. The molecule has 0 amide bonds. The molecule has 0 aromatic rings. The highest BCUT2D eigenvalue weighted by atomic mass is 16.5. The van der Waals surface area contributed by atoms with Gasteiger partial charge in [-0.05, 0) is 104 Å². The van der Waals surface area contributed by atoms with Gasteiger partial charge in [-0.15, -0.1) is 0 Å². The van der Waals surface area contributed by atoms with E-state index in [1.807, 2.05) is 0 Å². The van der Waals surface area contributed by atoms with E-state index in [0.717, 1.165) is 44.9 Å². The molecule has 4 heteroatoms. The number of hydrogen-bond acceptors (Lipinski definition) is 4. The molecular formula is C33H52O4. The third-order valence-corrected chi connectivity index (χ3v) is 13.8. The van der Waals surface area contributed by atoms with Gasteiger partial charge >= 0.3 is 11.9 Å². The number of ether oxygens (including phenoxy) is 2. The second-order valence-electron chi connectivity index (χ2n) is 15.3. The van der Waals surface area contributed by atoms with E-state index in [2.05, 4.69) is 54.5 Å². The van der Waals surface area contributed by atoms with Gasteiger partial charge in [0.15, 0.2) is 0 Å². The quantitative estimate of drug-likeness (QED) is 0.280. The summed E-state index contributed by atoms with van der Waals surface area (Å²) in [5, 5.41) is 0. The van der Waals surface area contributed by atoms with Crippen LogP contribution in [0.5, 0.6) is 0 Å². The first kappa shape index (κ1) is 27.3. The normalized spacial score (nSPS) is 50.4. The Kier molecular flexibility index (Phi) is 6.33. The molecule has 0 aromatic carbocycles. The number of esters is 2. The maximum atomic E-state index is 13.4. The number of carbonyl (C=O) groups is 2. The summed E-state index contributed by atoms with van der Waals surface area (Å²) in [5.74, 6) is 2.45. The standard InChI is InChI=1S/C33H52O4/c1-20-12-17-33(28(35)36-9)19-18-31(7)23(27(33)21(20)2)10-11-25-30(6)15-14-26(37-22(3)34)29(4,5)24(30)13-16-32(25,31)8/h10,20-21,24-27H,11-19H2,1-9H3/t20-,21-,24+,25-,26-,27-,30+,31+,32-,33-/m1/s1. The smallest absolute Gasteiger partial charge is 0.312 e. The Balaban J connectivity index is 1.57. The fraction of sp³-hybridized carbons (Fsp3) is 0.879. The Morgan fingerprint density at radius 1 is 0.892 bits per heavy atom. The number of carbonyl (C=O) groups excluding carboxylic acids is 2. The summed E-state index contributed by atoms with van der Waals surface area (Å²) in [7, 11) is 1.59. The molecule has 5 aliphatic carbocycles. The molecule has 5 rings (SSSR count). The first-order valence-electron chi connectivity index (χ1n) is 15.2. The minimum atomic E-state index is -0.347. The van der Waals surface area contributed by atoms with Crippen molar-refractivity contribution in [3.63, 3.8) is 0 Å². The van der Waals surface area contributed by atoms with Crippen molar-refractivity contribution in [2.24, 2.45) is 56.7 Å². The van der Waals surface area contributed by atoms with Crippen LogP contribution in [-0.2, 0) is 19.1 Å². The van der Waals surface area contributed by atoms with E-state index in [9.17, 15) is 9.59 Å². The highest BCUT2D eigenvalue weighted by molar-refractivity contribution is 5.78. The van der Waals surface area contributed by atoms with Gasteiger partial charge in [-0.25, -0.2) is 0 Å². The van der Waals surface area contributed by atoms with Crippen LogP contribution in [0.2, 0.25) is 0 Å². The minimum absolute atomic E-state index is 0.0117. The molecule has 4 fully saturated rings. The van der Waals surface area contributed by atoms with E-state index in [1.54, 1.807) is 19.6 Å². The summed E-state index contributed by atoms with van der Waals surface area (Å²) in [5.41, 5.74) is 1.76. The zero-order chi connectivity index (χ0) is 27.2. The summed E-state index contributed by atoms with van der Waals surface area (Å²) in [4.78, 5) is 25.4. The fourth-order valence-electron chi connectivity index (χ4n) is 11.4. The molecule has 0 bridgehead atoms. The van der Waals surface area contributed by atoms with Gasteiger partial charge in [-0.3, -0.25) is 9.59 Å². The average Bonchev–Trinajstić information content (AvgIpc) is 2.83. The number of hydrogen-bond donors (Lipinski definition) is 0. The SMILES string of the molecule is COC(=O)[C@@]12CC[C@@H](C)[C@@H](C)[C@@H]1C1=CC[C@@H]3[C@@]4(C)CC[C@@H](OC(C)=O)C(C)(C)[C@@H]4CC[C@@]3(C)[C@@]1(C)CC2. The summed E-state index contributed by atoms with van der Waals surface area (Å²) in [6.07, 6.45) is 12.4. The van der Waals surface area contributed by atoms with Gasteiger partial charge in [0.1, 0.15) is 6.10 Å². The summed E-state index contributed by atoms with van der Waals surface area (Å²) in [6, 6.07) is 0. The number of rotatable bonds is 2. The number of allylic oxidation sites excluding steroid dienone is 2. The van der Waals surface area contributed by atoms with E-state index in [4.69, 9.17) is 9.47 Å². The molecule has 208 valence electrons. The minimum Gasteiger partial charge on any atom is -0.469 e. The van der Waals surface area contributed by atoms with Crippen molar-refractivity contribution in [2.75, 3.05) is 7.11 Å². The molecule has 4 nitrogen and oxygen atoms in total. The lowest BCUT2D eigenvalue weighted by Gasteiger charge is -2.71. The van der Waals surface area contributed by atoms with Crippen LogP contribution in [0.15, 0.2) is 11.6 Å². The van der Waals surface area contributed by atoms with Crippen molar-refractivity contribution in [3.8, 4) is 0 Å². The van der Waals surface area contributed by atoms with Crippen LogP contribution in [-0.4, -0.2) is 25.2 Å². The molecule has 0 heterocycles. The predicted molar refractivity (Wildman–Crippen MR) is 147 cm³/mol. The zero-order valence-electron chi connectivity index (χ0n) is 25.0. The predicted octanol–water partition coefficient (Wildman–Crippen LogP) is 7.75. The van der Waals surface area contributed by atoms with Gasteiger partial charge in [0.25, 0.3) is 0 Å². The van der Waals surface area contributed by atoms with Crippen LogP contribution in [0, 0.1) is 56.7 Å². The lowest BCUT2D eigenvalue weighted by Crippen LogP contribution is -2.65. The molecule has 37 heavy (non-hydrogen) atoms. The van der Waals surface area contributed by atoms with Crippen LogP contribution in [0.3, 0.4) is 0 Å². The van der Waals surface area contributed by atoms with Crippen molar-refractivity contribution < 1.29 is 19.1 Å². The van der Waals surface area contributed by atoms with E-state index < -0.39 is 0 Å². The molecular weight excluding hydrogens is 460 g/mol. The van der Waals surface area contributed by atoms with Crippen molar-refractivity contribution >= 4 is 11.9 Å². The van der Waals surface area contributed by atoms with Crippen LogP contribution in [0.4, 0.5) is 0 Å². The highest BCUT2D eigenvalue weighted by Crippen LogP contribution is 2.76. The lowest BCUT2D eigenvalue weighted by atomic mass is 9.33. The Morgan fingerprint density at radius 2 is 1.59 bits per heavy atom. The van der Waals surface area contributed by atoms with Crippen LogP contribution < -0.4 is 0 Å². The lowest BCUT2D eigenvalue weighted by molar-refractivity contribution is -0.214. The molecule has 0 N–H and O–H groups in total. The van der Waals surface area contributed by atoms with Crippen molar-refractivity contribution in [1.82, 2.24) is 0 Å². The van der Waals surface area contributed by atoms with Gasteiger partial charge in [0.2, 0.25) is 0 Å². The molecule has 4 saturated carbocycles. The van der Waals surface area contributed by atoms with E-state index in [-0.39, 0.29) is 45.1 Å². The molecule has 10 atom stereocenters. The summed E-state index contributed by atoms with van der Waals surface area (Å²) >= 11 is 0. The topological polar surface area (TPSA) is 52.6 Å². The molecule has 0 radical (unpaired) electrons. The molecule has 0 spiro atoms. The third-order valence-electron chi connectivity index (χ3n) is 13.8. The van der Waals surface area contributed by atoms with Crippen molar-refractivity contribution in [1.29, 1.82) is 0 Å². The second kappa shape index (κ2) is 8.59. The summed E-state index contributed by atoms with van der Waals surface area (Å²) < 4.78 is 11.4. The third kappa shape index (κ3) is 3.45. The van der Waals surface area contributed by atoms with Gasteiger partial charge in [-0.2, -0.15) is 0 Å². The molecule has 0 aromatic heterocycles. The van der Waals surface area contributed by atoms with E-state index in [0.29, 0.717) is 29.6 Å². The Morgan fingerprint density at radius 3 is 2.24 bits per heavy atom. The zero-order valence-corrected chi connectivity index (χ0v) is 25.0.